The van der Waals surface area contributed by atoms with Crippen molar-refractivity contribution in [1.82, 2.24) is 30.0 Å². The van der Waals surface area contributed by atoms with Gasteiger partial charge in [-0.15, -0.1) is 11.3 Å². The van der Waals surface area contributed by atoms with E-state index in [-0.39, 0.29) is 5.78 Å². The standard InChI is InChI=1S/C30H26N6OS/c1-18(37)28-7-8-29(38-28)21-5-4-6-24-22(21)12-26(33-24)30-23-13-25(32-16-27(23)34-35-30)20-11-19(14-31-15-20)17-36-9-2-3-10-36/h4-8,11-16,33H,2-3,9-10,17H2,1H3,(H,34,35). The first-order chi connectivity index (χ1) is 18.6. The van der Waals surface area contributed by atoms with Crippen molar-refractivity contribution in [3.05, 3.63) is 77.6 Å². The summed E-state index contributed by atoms with van der Waals surface area (Å²) in [6, 6.07) is 16.6. The minimum absolute atomic E-state index is 0.0902. The van der Waals surface area contributed by atoms with Gasteiger partial charge in [0.2, 0.25) is 0 Å². The Hall–Kier alpha value is -4.14. The highest BCUT2D eigenvalue weighted by molar-refractivity contribution is 7.17. The number of carbonyl (C=O) groups is 1. The van der Waals surface area contributed by atoms with E-state index >= 15 is 0 Å². The molecule has 6 aromatic rings. The van der Waals surface area contributed by atoms with E-state index in [0.717, 1.165) is 79.4 Å². The second-order valence-corrected chi connectivity index (χ2v) is 11.0. The Labute approximate surface area is 223 Å². The van der Waals surface area contributed by atoms with Gasteiger partial charge in [-0.2, -0.15) is 5.10 Å². The molecule has 1 saturated heterocycles. The van der Waals surface area contributed by atoms with Crippen LogP contribution in [0.4, 0.5) is 0 Å². The van der Waals surface area contributed by atoms with Gasteiger partial charge in [-0.1, -0.05) is 12.1 Å². The summed E-state index contributed by atoms with van der Waals surface area (Å²) in [5.74, 6) is 0.0902. The summed E-state index contributed by atoms with van der Waals surface area (Å²) < 4.78 is 0. The molecule has 0 saturated carbocycles. The maximum atomic E-state index is 11.8. The Morgan fingerprint density at radius 2 is 1.89 bits per heavy atom. The Morgan fingerprint density at radius 1 is 1.00 bits per heavy atom. The van der Waals surface area contributed by atoms with Gasteiger partial charge in [0, 0.05) is 51.2 Å². The second-order valence-electron chi connectivity index (χ2n) is 9.92. The predicted octanol–water partition coefficient (Wildman–Crippen LogP) is 6.70. The molecule has 2 N–H and O–H groups in total. The Balaban J connectivity index is 1.27. The summed E-state index contributed by atoms with van der Waals surface area (Å²) in [5, 5.41) is 9.90. The Kier molecular flexibility index (Phi) is 5.64. The van der Waals surface area contributed by atoms with Crippen LogP contribution in [0.3, 0.4) is 0 Å². The van der Waals surface area contributed by atoms with Gasteiger partial charge in [0.25, 0.3) is 0 Å². The topological polar surface area (TPSA) is 90.6 Å². The third kappa shape index (κ3) is 4.12. The van der Waals surface area contributed by atoms with E-state index in [4.69, 9.17) is 4.98 Å². The van der Waals surface area contributed by atoms with Crippen molar-refractivity contribution in [2.75, 3.05) is 13.1 Å². The molecule has 0 aliphatic carbocycles. The maximum absolute atomic E-state index is 11.8. The molecule has 0 bridgehead atoms. The summed E-state index contributed by atoms with van der Waals surface area (Å²) in [6.45, 7) is 4.85. The minimum Gasteiger partial charge on any atom is -0.353 e. The lowest BCUT2D eigenvalue weighted by atomic mass is 10.1. The van der Waals surface area contributed by atoms with E-state index in [1.165, 1.54) is 29.7 Å². The van der Waals surface area contributed by atoms with Crippen LogP contribution in [-0.2, 0) is 6.54 Å². The zero-order valence-corrected chi connectivity index (χ0v) is 21.8. The number of hydrogen-bond acceptors (Lipinski definition) is 6. The number of rotatable bonds is 6. The lowest BCUT2D eigenvalue weighted by Crippen LogP contribution is -2.18. The molecular formula is C30H26N6OS. The number of H-pyrrole nitrogens is 2. The average molecular weight is 519 g/mol. The second kappa shape index (κ2) is 9.31. The van der Waals surface area contributed by atoms with Crippen LogP contribution in [0, 0.1) is 0 Å². The van der Waals surface area contributed by atoms with E-state index in [1.54, 1.807) is 6.92 Å². The van der Waals surface area contributed by atoms with Crippen LogP contribution in [0.15, 0.2) is 67.1 Å². The quantitative estimate of drug-likeness (QED) is 0.240. The minimum atomic E-state index is 0.0902. The van der Waals surface area contributed by atoms with E-state index in [0.29, 0.717) is 0 Å². The zero-order valence-electron chi connectivity index (χ0n) is 21.0. The summed E-state index contributed by atoms with van der Waals surface area (Å²) in [7, 11) is 0. The van der Waals surface area contributed by atoms with Gasteiger partial charge in [0.15, 0.2) is 5.78 Å². The number of likely N-dealkylation sites (tertiary alicyclic amines) is 1. The highest BCUT2D eigenvalue weighted by atomic mass is 32.1. The van der Waals surface area contributed by atoms with Crippen LogP contribution >= 0.6 is 11.3 Å². The van der Waals surface area contributed by atoms with Gasteiger partial charge in [-0.25, -0.2) is 0 Å². The van der Waals surface area contributed by atoms with E-state index in [1.807, 2.05) is 36.8 Å². The lowest BCUT2D eigenvalue weighted by molar-refractivity contribution is 0.102. The zero-order chi connectivity index (χ0) is 25.6. The van der Waals surface area contributed by atoms with Crippen molar-refractivity contribution < 1.29 is 4.79 Å². The molecule has 0 unspecified atom stereocenters. The van der Waals surface area contributed by atoms with Crippen LogP contribution < -0.4 is 0 Å². The molecule has 1 aliphatic rings. The molecule has 7 rings (SSSR count). The first kappa shape index (κ1) is 23.0. The van der Waals surface area contributed by atoms with Crippen LogP contribution in [0.1, 0.15) is 35.0 Å². The van der Waals surface area contributed by atoms with Crippen molar-refractivity contribution >= 4 is 38.9 Å². The highest BCUT2D eigenvalue weighted by Crippen LogP contribution is 2.37. The summed E-state index contributed by atoms with van der Waals surface area (Å²) in [4.78, 5) is 28.9. The molecule has 1 fully saturated rings. The fourth-order valence-corrected chi connectivity index (χ4v) is 6.30. The summed E-state index contributed by atoms with van der Waals surface area (Å²) in [6.07, 6.45) is 8.23. The Morgan fingerprint density at radius 3 is 2.74 bits per heavy atom. The number of aromatic amines is 2. The normalized spacial score (nSPS) is 14.1. The number of pyridine rings is 2. The van der Waals surface area contributed by atoms with Gasteiger partial charge < -0.3 is 4.98 Å². The molecule has 0 radical (unpaired) electrons. The number of ketones is 1. The van der Waals surface area contributed by atoms with Crippen LogP contribution in [-0.4, -0.2) is 48.9 Å². The molecule has 5 aromatic heterocycles. The van der Waals surface area contributed by atoms with Crippen LogP contribution in [0.2, 0.25) is 0 Å². The third-order valence-electron chi connectivity index (χ3n) is 7.28. The maximum Gasteiger partial charge on any atom is 0.169 e. The molecule has 0 spiro atoms. The number of thiophene rings is 1. The van der Waals surface area contributed by atoms with Gasteiger partial charge in [0.1, 0.15) is 5.69 Å². The van der Waals surface area contributed by atoms with Gasteiger partial charge in [-0.05, 0) is 74.8 Å². The molecule has 0 atom stereocenters. The number of nitrogens with zero attached hydrogens (tertiary/aromatic N) is 4. The van der Waals surface area contributed by atoms with Crippen molar-refractivity contribution in [3.63, 3.8) is 0 Å². The highest BCUT2D eigenvalue weighted by Gasteiger charge is 2.17. The van der Waals surface area contributed by atoms with Crippen LogP contribution in [0.5, 0.6) is 0 Å². The third-order valence-corrected chi connectivity index (χ3v) is 8.50. The SMILES string of the molecule is CC(=O)c1ccc(-c2cccc3[nH]c(-c4n[nH]c5cnc(-c6cncc(CN7CCCC7)c6)cc45)cc23)s1. The van der Waals surface area contributed by atoms with Gasteiger partial charge >= 0.3 is 0 Å². The summed E-state index contributed by atoms with van der Waals surface area (Å²) in [5.41, 5.74) is 7.89. The number of Topliss-reactive ketones (excluding diaryl/α,β-unsaturated/α-hetero) is 1. The fraction of sp³-hybridized carbons (Fsp3) is 0.200. The van der Waals surface area contributed by atoms with E-state index in [2.05, 4.69) is 55.4 Å². The molecule has 38 heavy (non-hydrogen) atoms. The smallest absolute Gasteiger partial charge is 0.169 e. The van der Waals surface area contributed by atoms with Crippen molar-refractivity contribution in [2.45, 2.75) is 26.3 Å². The lowest BCUT2D eigenvalue weighted by Gasteiger charge is -2.14. The fourth-order valence-electron chi connectivity index (χ4n) is 5.36. The number of aromatic nitrogens is 5. The average Bonchev–Trinajstić information content (AvgIpc) is 3.74. The van der Waals surface area contributed by atoms with Crippen molar-refractivity contribution in [1.29, 1.82) is 0 Å². The molecule has 8 heteroatoms. The molecule has 0 amide bonds. The molecular weight excluding hydrogens is 492 g/mol. The monoisotopic (exact) mass is 518 g/mol. The molecule has 188 valence electrons. The van der Waals surface area contributed by atoms with Crippen LogP contribution in [0.25, 0.3) is 54.9 Å². The van der Waals surface area contributed by atoms with Gasteiger partial charge in [-0.3, -0.25) is 24.8 Å². The van der Waals surface area contributed by atoms with E-state index < -0.39 is 0 Å². The first-order valence-corrected chi connectivity index (χ1v) is 13.7. The number of hydrogen-bond donors (Lipinski definition) is 2. The molecule has 1 aromatic carbocycles. The molecule has 7 nitrogen and oxygen atoms in total. The van der Waals surface area contributed by atoms with E-state index in [9.17, 15) is 4.79 Å². The number of fused-ring (bicyclic) bond motifs is 2. The number of nitrogens with one attached hydrogen (secondary N) is 2. The number of benzene rings is 1. The first-order valence-electron chi connectivity index (χ1n) is 12.9. The van der Waals surface area contributed by atoms with Gasteiger partial charge in [0.05, 0.1) is 28.0 Å². The van der Waals surface area contributed by atoms with Crippen molar-refractivity contribution in [3.8, 4) is 33.1 Å². The molecule has 6 heterocycles. The van der Waals surface area contributed by atoms with Crippen molar-refractivity contribution in [2.24, 2.45) is 0 Å². The summed E-state index contributed by atoms with van der Waals surface area (Å²) >= 11 is 1.53. The molecule has 1 aliphatic heterocycles. The largest absolute Gasteiger partial charge is 0.353 e. The Bertz CT molecular complexity index is 1810. The number of carbonyl (C=O) groups excluding carboxylic acids is 1. The predicted molar refractivity (Wildman–Crippen MR) is 152 cm³/mol.